The molecule has 0 radical (unpaired) electrons. The van der Waals surface area contributed by atoms with Crippen LogP contribution in [0, 0.1) is 0 Å². The Morgan fingerprint density at radius 2 is 2.27 bits per heavy atom. The zero-order chi connectivity index (χ0) is 11.0. The van der Waals surface area contributed by atoms with Crippen molar-refractivity contribution in [3.8, 4) is 11.5 Å². The van der Waals surface area contributed by atoms with E-state index < -0.39 is 5.97 Å². The lowest BCUT2D eigenvalue weighted by Crippen LogP contribution is -1.98. The zero-order valence-corrected chi connectivity index (χ0v) is 7.94. The van der Waals surface area contributed by atoms with Crippen LogP contribution < -0.4 is 4.74 Å². The number of fused-ring (bicyclic) bond motifs is 1. The first kappa shape index (κ1) is 9.39. The number of carbonyl (C=O) groups is 1. The summed E-state index contributed by atoms with van der Waals surface area (Å²) in [6, 6.07) is 2.89. The number of carboxylic acid groups (broad SMARTS) is 1. The van der Waals surface area contributed by atoms with Gasteiger partial charge in [-0.15, -0.1) is 0 Å². The van der Waals surface area contributed by atoms with Crippen molar-refractivity contribution in [1.82, 2.24) is 4.98 Å². The number of hydrogen-bond donors (Lipinski definition) is 3. The minimum absolute atomic E-state index is 0.0810. The van der Waals surface area contributed by atoms with Crippen LogP contribution in [0.5, 0.6) is 11.5 Å². The van der Waals surface area contributed by atoms with E-state index in [-0.39, 0.29) is 17.1 Å². The average molecular weight is 207 g/mol. The number of aromatic carboxylic acids is 1. The van der Waals surface area contributed by atoms with Crippen molar-refractivity contribution < 1.29 is 19.7 Å². The topological polar surface area (TPSA) is 82.5 Å². The molecule has 0 aliphatic carbocycles. The third-order valence-electron chi connectivity index (χ3n) is 2.23. The normalized spacial score (nSPS) is 10.5. The third-order valence-corrected chi connectivity index (χ3v) is 2.23. The summed E-state index contributed by atoms with van der Waals surface area (Å²) in [5.41, 5.74) is 0.465. The molecule has 0 amide bonds. The summed E-state index contributed by atoms with van der Waals surface area (Å²) < 4.78 is 4.88. The van der Waals surface area contributed by atoms with Gasteiger partial charge in [-0.2, -0.15) is 0 Å². The smallest absolute Gasteiger partial charge is 0.336 e. The number of carboxylic acids is 1. The van der Waals surface area contributed by atoms with Crippen LogP contribution in [-0.2, 0) is 0 Å². The highest BCUT2D eigenvalue weighted by molar-refractivity contribution is 6.05. The molecule has 0 atom stereocenters. The molecule has 0 bridgehead atoms. The maximum absolute atomic E-state index is 10.9. The van der Waals surface area contributed by atoms with E-state index in [0.717, 1.165) is 0 Å². The molecule has 0 saturated heterocycles. The second kappa shape index (κ2) is 3.20. The number of ether oxygens (including phenoxy) is 1. The summed E-state index contributed by atoms with van der Waals surface area (Å²) in [5, 5.41) is 19.1. The minimum atomic E-state index is -1.06. The van der Waals surface area contributed by atoms with E-state index in [1.165, 1.54) is 13.2 Å². The molecule has 2 aromatic rings. The molecular weight excluding hydrogens is 198 g/mol. The van der Waals surface area contributed by atoms with Crippen LogP contribution >= 0.6 is 0 Å². The number of phenols is 1. The maximum Gasteiger partial charge on any atom is 0.336 e. The molecule has 1 heterocycles. The highest BCUT2D eigenvalue weighted by atomic mass is 16.5. The van der Waals surface area contributed by atoms with Crippen LogP contribution in [0.25, 0.3) is 10.9 Å². The number of aromatic nitrogens is 1. The number of nitrogens with one attached hydrogen (secondary N) is 1. The number of H-pyrrole nitrogens is 1. The fourth-order valence-electron chi connectivity index (χ4n) is 1.52. The van der Waals surface area contributed by atoms with Crippen molar-refractivity contribution in [2.45, 2.75) is 0 Å². The largest absolute Gasteiger partial charge is 0.503 e. The minimum Gasteiger partial charge on any atom is -0.503 e. The number of hydrogen-bond acceptors (Lipinski definition) is 3. The van der Waals surface area contributed by atoms with Crippen LogP contribution in [0.15, 0.2) is 18.3 Å². The van der Waals surface area contributed by atoms with Gasteiger partial charge in [-0.3, -0.25) is 0 Å². The molecule has 5 nitrogen and oxygen atoms in total. The lowest BCUT2D eigenvalue weighted by atomic mass is 10.1. The second-order valence-corrected chi connectivity index (χ2v) is 3.05. The van der Waals surface area contributed by atoms with Gasteiger partial charge in [-0.1, -0.05) is 0 Å². The second-order valence-electron chi connectivity index (χ2n) is 3.05. The Morgan fingerprint density at radius 1 is 1.53 bits per heavy atom. The van der Waals surface area contributed by atoms with E-state index in [2.05, 4.69) is 4.98 Å². The summed E-state index contributed by atoms with van der Waals surface area (Å²) in [6.07, 6.45) is 1.57. The highest BCUT2D eigenvalue weighted by Gasteiger charge is 2.16. The first-order valence-electron chi connectivity index (χ1n) is 4.25. The average Bonchev–Trinajstić information content (AvgIpc) is 2.67. The van der Waals surface area contributed by atoms with E-state index in [0.29, 0.717) is 10.9 Å². The van der Waals surface area contributed by atoms with E-state index in [1.54, 1.807) is 12.3 Å². The molecule has 3 N–H and O–H groups in total. The molecule has 1 aromatic carbocycles. The Bertz CT molecular complexity index is 529. The molecule has 2 rings (SSSR count). The summed E-state index contributed by atoms with van der Waals surface area (Å²) in [6.45, 7) is 0. The monoisotopic (exact) mass is 207 g/mol. The SMILES string of the molecule is COc1cc(C(=O)O)c2cc[nH]c2c1O. The molecular formula is C10H9NO4. The van der Waals surface area contributed by atoms with Gasteiger partial charge in [0.05, 0.1) is 18.2 Å². The van der Waals surface area contributed by atoms with Crippen molar-refractivity contribution in [3.05, 3.63) is 23.9 Å². The molecule has 0 unspecified atom stereocenters. The quantitative estimate of drug-likeness (QED) is 0.698. The lowest BCUT2D eigenvalue weighted by Gasteiger charge is -2.06. The number of methoxy groups -OCH3 is 1. The summed E-state index contributed by atoms with van der Waals surface area (Å²) in [7, 11) is 1.37. The third kappa shape index (κ3) is 1.28. The van der Waals surface area contributed by atoms with Gasteiger partial charge in [0, 0.05) is 11.6 Å². The number of aromatic amines is 1. The molecule has 0 spiro atoms. The maximum atomic E-state index is 10.9. The zero-order valence-electron chi connectivity index (χ0n) is 7.94. The predicted molar refractivity (Wildman–Crippen MR) is 53.5 cm³/mol. The van der Waals surface area contributed by atoms with Crippen molar-refractivity contribution in [1.29, 1.82) is 0 Å². The van der Waals surface area contributed by atoms with Crippen LogP contribution in [0.4, 0.5) is 0 Å². The van der Waals surface area contributed by atoms with E-state index in [9.17, 15) is 9.90 Å². The standard InChI is InChI=1S/C10H9NO4/c1-15-7-4-6(10(13)14)5-2-3-11-8(5)9(7)12/h2-4,11-12H,1H3,(H,13,14). The van der Waals surface area contributed by atoms with Crippen LogP contribution in [-0.4, -0.2) is 28.3 Å². The van der Waals surface area contributed by atoms with Crippen LogP contribution in [0.1, 0.15) is 10.4 Å². The molecule has 5 heteroatoms. The molecule has 0 fully saturated rings. The van der Waals surface area contributed by atoms with Crippen LogP contribution in [0.3, 0.4) is 0 Å². The van der Waals surface area contributed by atoms with Gasteiger partial charge in [-0.25, -0.2) is 4.79 Å². The van der Waals surface area contributed by atoms with Crippen molar-refractivity contribution in [2.75, 3.05) is 7.11 Å². The lowest BCUT2D eigenvalue weighted by molar-refractivity contribution is 0.0698. The van der Waals surface area contributed by atoms with Crippen molar-refractivity contribution in [3.63, 3.8) is 0 Å². The van der Waals surface area contributed by atoms with Gasteiger partial charge in [0.1, 0.15) is 0 Å². The first-order valence-corrected chi connectivity index (χ1v) is 4.25. The van der Waals surface area contributed by atoms with Gasteiger partial charge >= 0.3 is 5.97 Å². The number of rotatable bonds is 2. The fourth-order valence-corrected chi connectivity index (χ4v) is 1.52. The Balaban J connectivity index is 2.86. The summed E-state index contributed by atoms with van der Waals surface area (Å²) in [5.74, 6) is -0.997. The Labute approximate surface area is 84.9 Å². The molecule has 1 aromatic heterocycles. The summed E-state index contributed by atoms with van der Waals surface area (Å²) >= 11 is 0. The van der Waals surface area contributed by atoms with Gasteiger partial charge in [0.15, 0.2) is 11.5 Å². The molecule has 0 aliphatic heterocycles. The summed E-state index contributed by atoms with van der Waals surface area (Å²) in [4.78, 5) is 13.7. The van der Waals surface area contributed by atoms with Gasteiger partial charge in [0.25, 0.3) is 0 Å². The Hall–Kier alpha value is -2.17. The fraction of sp³-hybridized carbons (Fsp3) is 0.100. The van der Waals surface area contributed by atoms with E-state index >= 15 is 0 Å². The Morgan fingerprint density at radius 3 is 2.87 bits per heavy atom. The first-order chi connectivity index (χ1) is 7.15. The molecule has 15 heavy (non-hydrogen) atoms. The number of phenolic OH excluding ortho intramolecular Hbond substituents is 1. The van der Waals surface area contributed by atoms with Crippen molar-refractivity contribution in [2.24, 2.45) is 0 Å². The number of aromatic hydroxyl groups is 1. The van der Waals surface area contributed by atoms with Gasteiger partial charge in [-0.05, 0) is 12.1 Å². The van der Waals surface area contributed by atoms with E-state index in [1.807, 2.05) is 0 Å². The molecule has 78 valence electrons. The molecule has 0 saturated carbocycles. The van der Waals surface area contributed by atoms with Gasteiger partial charge in [0.2, 0.25) is 0 Å². The molecule has 0 aliphatic rings. The van der Waals surface area contributed by atoms with E-state index in [4.69, 9.17) is 9.84 Å². The highest BCUT2D eigenvalue weighted by Crippen LogP contribution is 2.35. The van der Waals surface area contributed by atoms with Gasteiger partial charge < -0.3 is 19.9 Å². The van der Waals surface area contributed by atoms with Crippen molar-refractivity contribution >= 4 is 16.9 Å². The number of benzene rings is 1. The Kier molecular flexibility index (Phi) is 2.00. The van der Waals surface area contributed by atoms with Crippen LogP contribution in [0.2, 0.25) is 0 Å². The predicted octanol–water partition coefficient (Wildman–Crippen LogP) is 1.58.